The first-order valence-corrected chi connectivity index (χ1v) is 13.8. The highest BCUT2D eigenvalue weighted by Crippen LogP contribution is 2.43. The Balaban J connectivity index is 1.86. The molecule has 0 amide bonds. The van der Waals surface area contributed by atoms with Gasteiger partial charge in [0.2, 0.25) is 0 Å². The van der Waals surface area contributed by atoms with E-state index in [2.05, 4.69) is 4.90 Å². The quantitative estimate of drug-likeness (QED) is 0.437. The third-order valence-corrected chi connectivity index (χ3v) is 7.80. The van der Waals surface area contributed by atoms with Crippen LogP contribution in [0.1, 0.15) is 69.4 Å². The van der Waals surface area contributed by atoms with Crippen molar-refractivity contribution >= 4 is 22.4 Å². The molecule has 2 aliphatic heterocycles. The van der Waals surface area contributed by atoms with Gasteiger partial charge in [-0.3, -0.25) is 4.79 Å². The molecular weight excluding hydrogens is 499 g/mol. The smallest absolute Gasteiger partial charge is 0.339 e. The zero-order valence-electron chi connectivity index (χ0n) is 23.4. The molecule has 39 heavy (non-hydrogen) atoms. The Labute approximate surface area is 228 Å². The molecule has 2 aliphatic rings. The zero-order valence-corrected chi connectivity index (χ0v) is 23.4. The molecule has 208 valence electrons. The standard InChI is InChI=1S/C31H37FN2O5/c1-18-20-10-9-15-38-27(20)24(32)17-22(18)25-21-12-11-19(34-13-7-6-8-14-34)16-23(21)29(35)33(5)26(25)28(30(36)37)39-31(2,3)4/h11-12,16-17,28H,6-10,13-15H2,1-5H3,(H,36,37). The van der Waals surface area contributed by atoms with Crippen molar-refractivity contribution in [3.8, 4) is 16.9 Å². The van der Waals surface area contributed by atoms with Gasteiger partial charge in [0.25, 0.3) is 5.56 Å². The van der Waals surface area contributed by atoms with Crippen LogP contribution in [-0.2, 0) is 23.0 Å². The van der Waals surface area contributed by atoms with Crippen molar-refractivity contribution in [1.82, 2.24) is 4.57 Å². The van der Waals surface area contributed by atoms with E-state index in [4.69, 9.17) is 9.47 Å². The lowest BCUT2D eigenvalue weighted by Gasteiger charge is -2.31. The summed E-state index contributed by atoms with van der Waals surface area (Å²) in [6.45, 7) is 9.52. The minimum absolute atomic E-state index is 0.194. The molecule has 1 N–H and O–H groups in total. The highest BCUT2D eigenvalue weighted by atomic mass is 19.1. The number of anilines is 1. The van der Waals surface area contributed by atoms with Gasteiger partial charge >= 0.3 is 5.97 Å². The number of carbonyl (C=O) groups is 1. The van der Waals surface area contributed by atoms with E-state index in [1.165, 1.54) is 17.1 Å². The van der Waals surface area contributed by atoms with Gasteiger partial charge in [0.1, 0.15) is 0 Å². The number of hydrogen-bond donors (Lipinski definition) is 1. The van der Waals surface area contributed by atoms with Crippen molar-refractivity contribution in [2.24, 2.45) is 7.05 Å². The topological polar surface area (TPSA) is 81.0 Å². The van der Waals surface area contributed by atoms with E-state index in [0.717, 1.165) is 49.2 Å². The van der Waals surface area contributed by atoms with E-state index in [0.29, 0.717) is 34.9 Å². The van der Waals surface area contributed by atoms with Gasteiger partial charge in [-0.15, -0.1) is 0 Å². The number of halogens is 1. The third kappa shape index (κ3) is 5.02. The molecule has 1 unspecified atom stereocenters. The minimum Gasteiger partial charge on any atom is -0.490 e. The summed E-state index contributed by atoms with van der Waals surface area (Å²) in [5.41, 5.74) is 2.66. The molecule has 0 bridgehead atoms. The lowest BCUT2D eigenvalue weighted by atomic mass is 9.87. The third-order valence-electron chi connectivity index (χ3n) is 7.80. The number of benzene rings is 2. The first kappa shape index (κ1) is 27.2. The maximum atomic E-state index is 15.5. The number of aromatic nitrogens is 1. The van der Waals surface area contributed by atoms with Gasteiger partial charge in [-0.1, -0.05) is 6.07 Å². The number of carboxylic acids is 1. The average Bonchev–Trinajstić information content (AvgIpc) is 2.91. The normalized spacial score (nSPS) is 16.6. The SMILES string of the molecule is Cc1c(-c2c(C(OC(C)(C)C)C(=O)O)n(C)c(=O)c3cc(N4CCCCC4)ccc23)cc(F)c2c1CCCO2. The first-order chi connectivity index (χ1) is 18.5. The summed E-state index contributed by atoms with van der Waals surface area (Å²) in [6.07, 6.45) is 3.36. The molecule has 3 heterocycles. The second kappa shape index (κ2) is 10.3. The minimum atomic E-state index is -1.45. The number of ether oxygens (including phenoxy) is 2. The largest absolute Gasteiger partial charge is 0.490 e. The summed E-state index contributed by atoms with van der Waals surface area (Å²) in [7, 11) is 1.57. The van der Waals surface area contributed by atoms with Crippen LogP contribution in [0.4, 0.5) is 10.1 Å². The Morgan fingerprint density at radius 1 is 1.10 bits per heavy atom. The Morgan fingerprint density at radius 3 is 2.49 bits per heavy atom. The van der Waals surface area contributed by atoms with E-state index in [1.807, 2.05) is 25.1 Å². The van der Waals surface area contributed by atoms with Gasteiger partial charge in [0.05, 0.1) is 17.9 Å². The molecule has 5 rings (SSSR count). The van der Waals surface area contributed by atoms with Crippen molar-refractivity contribution < 1.29 is 23.8 Å². The molecule has 1 atom stereocenters. The fourth-order valence-electron chi connectivity index (χ4n) is 5.96. The molecule has 0 radical (unpaired) electrons. The Hall–Kier alpha value is -3.39. The molecule has 0 spiro atoms. The lowest BCUT2D eigenvalue weighted by molar-refractivity contribution is -0.161. The lowest BCUT2D eigenvalue weighted by Crippen LogP contribution is -2.33. The van der Waals surface area contributed by atoms with E-state index in [-0.39, 0.29) is 17.0 Å². The van der Waals surface area contributed by atoms with Gasteiger partial charge in [-0.2, -0.15) is 0 Å². The van der Waals surface area contributed by atoms with E-state index in [9.17, 15) is 14.7 Å². The number of rotatable bonds is 5. The second-order valence-electron chi connectivity index (χ2n) is 11.6. The van der Waals surface area contributed by atoms with E-state index < -0.39 is 23.5 Å². The maximum absolute atomic E-state index is 15.5. The molecule has 1 fully saturated rings. The van der Waals surface area contributed by atoms with Crippen molar-refractivity contribution in [2.45, 2.75) is 71.5 Å². The van der Waals surface area contributed by atoms with Crippen LogP contribution in [0.15, 0.2) is 29.1 Å². The number of pyridine rings is 1. The van der Waals surface area contributed by atoms with Crippen molar-refractivity contribution in [3.63, 3.8) is 0 Å². The predicted molar refractivity (Wildman–Crippen MR) is 150 cm³/mol. The highest BCUT2D eigenvalue weighted by Gasteiger charge is 2.34. The zero-order chi connectivity index (χ0) is 28.1. The monoisotopic (exact) mass is 536 g/mol. The Kier molecular flexibility index (Phi) is 7.18. The van der Waals surface area contributed by atoms with Crippen LogP contribution < -0.4 is 15.2 Å². The van der Waals surface area contributed by atoms with Gasteiger partial charge in [0.15, 0.2) is 17.7 Å². The average molecular weight is 537 g/mol. The number of piperidine rings is 1. The molecule has 8 heteroatoms. The predicted octanol–water partition coefficient (Wildman–Crippen LogP) is 5.91. The molecule has 7 nitrogen and oxygen atoms in total. The van der Waals surface area contributed by atoms with Gasteiger partial charge in [-0.05, 0) is 94.5 Å². The van der Waals surface area contributed by atoms with E-state index >= 15 is 4.39 Å². The number of carboxylic acid groups (broad SMARTS) is 1. The summed E-state index contributed by atoms with van der Waals surface area (Å²) in [5.74, 6) is -1.46. The molecular formula is C31H37FN2O5. The van der Waals surface area contributed by atoms with Crippen molar-refractivity contribution in [2.75, 3.05) is 24.6 Å². The molecule has 3 aromatic rings. The summed E-state index contributed by atoms with van der Waals surface area (Å²) >= 11 is 0. The van der Waals surface area contributed by atoms with E-state index in [1.54, 1.807) is 27.8 Å². The van der Waals surface area contributed by atoms with Crippen LogP contribution in [0, 0.1) is 12.7 Å². The number of hydrogen-bond acceptors (Lipinski definition) is 5. The van der Waals surface area contributed by atoms with Gasteiger partial charge in [-0.25, -0.2) is 9.18 Å². The summed E-state index contributed by atoms with van der Waals surface area (Å²) in [6, 6.07) is 7.16. The van der Waals surface area contributed by atoms with Crippen molar-refractivity contribution in [3.05, 3.63) is 57.3 Å². The number of aliphatic carboxylic acids is 1. The number of fused-ring (bicyclic) bond motifs is 2. The summed E-state index contributed by atoms with van der Waals surface area (Å²) < 4.78 is 28.6. The highest BCUT2D eigenvalue weighted by molar-refractivity contribution is 6.01. The summed E-state index contributed by atoms with van der Waals surface area (Å²) in [5, 5.41) is 11.4. The fraction of sp³-hybridized carbons (Fsp3) is 0.484. The number of nitrogens with zero attached hydrogens (tertiary/aromatic N) is 2. The van der Waals surface area contributed by atoms with Crippen molar-refractivity contribution in [1.29, 1.82) is 0 Å². The molecule has 0 aliphatic carbocycles. The second-order valence-corrected chi connectivity index (χ2v) is 11.6. The Morgan fingerprint density at radius 2 is 1.82 bits per heavy atom. The molecule has 1 aromatic heterocycles. The van der Waals surface area contributed by atoms with Gasteiger partial charge in [0, 0.05) is 42.3 Å². The summed E-state index contributed by atoms with van der Waals surface area (Å²) in [4.78, 5) is 28.8. The molecule has 2 aromatic carbocycles. The van der Waals surface area contributed by atoms with Crippen LogP contribution in [0.25, 0.3) is 21.9 Å². The Bertz CT molecular complexity index is 1500. The van der Waals surface area contributed by atoms with Crippen LogP contribution in [-0.4, -0.2) is 40.9 Å². The van der Waals surface area contributed by atoms with Crippen LogP contribution in [0.5, 0.6) is 5.75 Å². The molecule has 0 saturated carbocycles. The first-order valence-electron chi connectivity index (χ1n) is 13.8. The van der Waals surface area contributed by atoms with Crippen LogP contribution in [0.3, 0.4) is 0 Å². The molecule has 1 saturated heterocycles. The van der Waals surface area contributed by atoms with Crippen LogP contribution >= 0.6 is 0 Å². The van der Waals surface area contributed by atoms with Gasteiger partial charge < -0.3 is 24.0 Å². The maximum Gasteiger partial charge on any atom is 0.339 e. The fourth-order valence-corrected chi connectivity index (χ4v) is 5.96. The van der Waals surface area contributed by atoms with Crippen LogP contribution in [0.2, 0.25) is 0 Å².